The molecule has 3 unspecified atom stereocenters. The molecule has 0 bridgehead atoms. The number of aliphatic hydroxyl groups is 3. The second-order valence-corrected chi connectivity index (χ2v) is 8.48. The lowest BCUT2D eigenvalue weighted by atomic mass is 9.95. The lowest BCUT2D eigenvalue weighted by Crippen LogP contribution is -2.45. The van der Waals surface area contributed by atoms with Crippen LogP contribution in [-0.2, 0) is 23.3 Å². The first kappa shape index (κ1) is 23.7. The average Bonchev–Trinajstić information content (AvgIpc) is 3.08. The summed E-state index contributed by atoms with van der Waals surface area (Å²) in [5.41, 5.74) is -5.29. The van der Waals surface area contributed by atoms with E-state index in [1.54, 1.807) is 0 Å². The maximum absolute atomic E-state index is 15.2. The molecule has 6 nitrogen and oxygen atoms in total. The van der Waals surface area contributed by atoms with E-state index in [-0.39, 0.29) is 23.1 Å². The van der Waals surface area contributed by atoms with Crippen molar-refractivity contribution in [3.8, 4) is 11.1 Å². The molecule has 1 aliphatic heterocycles. The van der Waals surface area contributed by atoms with E-state index in [0.717, 1.165) is 12.1 Å². The highest BCUT2D eigenvalue weighted by Crippen LogP contribution is 2.30. The molecule has 2 aromatic carbocycles. The molecule has 2 aromatic rings. The van der Waals surface area contributed by atoms with Gasteiger partial charge in [-0.15, -0.1) is 0 Å². The first-order chi connectivity index (χ1) is 14.4. The Kier molecular flexibility index (Phi) is 6.79. The second kappa shape index (κ2) is 8.88. The summed E-state index contributed by atoms with van der Waals surface area (Å²) >= 11 is 0. The number of nitrogens with one attached hydrogen (secondary N) is 3. The zero-order valence-electron chi connectivity index (χ0n) is 15.9. The van der Waals surface area contributed by atoms with Gasteiger partial charge in [-0.3, -0.25) is 4.78 Å². The van der Waals surface area contributed by atoms with Crippen molar-refractivity contribution in [2.45, 2.75) is 36.4 Å². The molecule has 0 aromatic heterocycles. The molecular formula is C19H20F5N3O3S. The van der Waals surface area contributed by atoms with Gasteiger partial charge in [-0.1, -0.05) is 18.2 Å². The summed E-state index contributed by atoms with van der Waals surface area (Å²) < 4.78 is 76.7. The highest BCUT2D eigenvalue weighted by molar-refractivity contribution is 7.85. The summed E-state index contributed by atoms with van der Waals surface area (Å²) in [7, 11) is -2.76. The molecule has 6 N–H and O–H groups in total. The largest absolute Gasteiger partial charge is 0.465 e. The summed E-state index contributed by atoms with van der Waals surface area (Å²) in [6, 6.07) is 5.64. The van der Waals surface area contributed by atoms with Gasteiger partial charge in [0.1, 0.15) is 11.6 Å². The van der Waals surface area contributed by atoms with Crippen LogP contribution in [0.1, 0.15) is 17.5 Å². The van der Waals surface area contributed by atoms with Gasteiger partial charge in [0.2, 0.25) is 0 Å². The van der Waals surface area contributed by atoms with E-state index < -0.39 is 51.6 Å². The maximum atomic E-state index is 15.2. The Morgan fingerprint density at radius 2 is 1.84 bits per heavy atom. The van der Waals surface area contributed by atoms with Crippen molar-refractivity contribution in [2.24, 2.45) is 0 Å². The van der Waals surface area contributed by atoms with Gasteiger partial charge in [0, 0.05) is 23.2 Å². The van der Waals surface area contributed by atoms with E-state index in [1.165, 1.54) is 18.2 Å². The van der Waals surface area contributed by atoms with Crippen molar-refractivity contribution >= 4 is 10.9 Å². The van der Waals surface area contributed by atoms with Crippen LogP contribution in [0.25, 0.3) is 11.1 Å². The van der Waals surface area contributed by atoms with Gasteiger partial charge in [0.15, 0.2) is 0 Å². The molecule has 1 saturated heterocycles. The third-order valence-electron chi connectivity index (χ3n) is 4.96. The zero-order chi connectivity index (χ0) is 23.0. The van der Waals surface area contributed by atoms with E-state index in [9.17, 15) is 32.9 Å². The molecule has 0 amide bonds. The van der Waals surface area contributed by atoms with E-state index >= 15 is 4.39 Å². The van der Waals surface area contributed by atoms with Crippen LogP contribution >= 0.6 is 0 Å². The van der Waals surface area contributed by atoms with Gasteiger partial charge in [-0.05, 0) is 48.7 Å². The lowest BCUT2D eigenvalue weighted by molar-refractivity contribution is -0.323. The number of rotatable bonds is 6. The number of hydrogen-bond acceptors (Lipinski definition) is 5. The molecular weight excluding hydrogens is 445 g/mol. The molecule has 0 aliphatic carbocycles. The van der Waals surface area contributed by atoms with Crippen molar-refractivity contribution in [3.05, 3.63) is 59.2 Å². The number of halogens is 5. The van der Waals surface area contributed by atoms with Crippen LogP contribution in [-0.4, -0.2) is 39.5 Å². The quantitative estimate of drug-likeness (QED) is 0.290. The molecule has 12 heteroatoms. The predicted molar refractivity (Wildman–Crippen MR) is 103 cm³/mol. The van der Waals surface area contributed by atoms with Crippen molar-refractivity contribution in [2.75, 3.05) is 6.54 Å². The van der Waals surface area contributed by atoms with Crippen LogP contribution in [0.2, 0.25) is 0 Å². The third kappa shape index (κ3) is 5.64. The molecule has 31 heavy (non-hydrogen) atoms. The van der Waals surface area contributed by atoms with Crippen molar-refractivity contribution in [1.29, 1.82) is 4.78 Å². The molecule has 1 heterocycles. The van der Waals surface area contributed by atoms with Crippen LogP contribution in [0.4, 0.5) is 22.0 Å². The normalized spacial score (nSPS) is 20.8. The highest BCUT2D eigenvalue weighted by atomic mass is 32.2. The third-order valence-corrected chi connectivity index (χ3v) is 5.96. The Labute approximate surface area is 176 Å². The van der Waals surface area contributed by atoms with Crippen molar-refractivity contribution in [1.82, 2.24) is 10.0 Å². The Morgan fingerprint density at radius 1 is 1.13 bits per heavy atom. The minimum absolute atomic E-state index is 0.0124. The second-order valence-electron chi connectivity index (χ2n) is 7.17. The number of alkyl halides is 3. The fourth-order valence-electron chi connectivity index (χ4n) is 3.48. The van der Waals surface area contributed by atoms with Crippen LogP contribution in [0.15, 0.2) is 36.4 Å². The maximum Gasteiger partial charge on any atom is 0.465 e. The fraction of sp³-hybridized carbons (Fsp3) is 0.368. The molecule has 1 fully saturated rings. The Hall–Kier alpha value is -1.96. The van der Waals surface area contributed by atoms with Crippen LogP contribution in [0.3, 0.4) is 0 Å². The van der Waals surface area contributed by atoms with E-state index in [2.05, 4.69) is 10.0 Å². The first-order valence-electron chi connectivity index (χ1n) is 9.14. The number of benzene rings is 2. The minimum atomic E-state index is -4.70. The van der Waals surface area contributed by atoms with Gasteiger partial charge in [-0.25, -0.2) is 13.5 Å². The van der Waals surface area contributed by atoms with Crippen LogP contribution in [0, 0.1) is 16.4 Å². The molecule has 0 saturated carbocycles. The van der Waals surface area contributed by atoms with E-state index in [0.29, 0.717) is 19.0 Å². The van der Waals surface area contributed by atoms with Crippen molar-refractivity contribution < 1.29 is 37.3 Å². The van der Waals surface area contributed by atoms with Crippen LogP contribution in [0.5, 0.6) is 0 Å². The average molecular weight is 465 g/mol. The summed E-state index contributed by atoms with van der Waals surface area (Å²) in [6.45, 7) is 0.400. The van der Waals surface area contributed by atoms with Crippen LogP contribution < -0.4 is 10.0 Å². The fourth-order valence-corrected chi connectivity index (χ4v) is 4.20. The van der Waals surface area contributed by atoms with Gasteiger partial charge in [0.25, 0.3) is 0 Å². The molecule has 3 atom stereocenters. The molecule has 3 rings (SSSR count). The predicted octanol–water partition coefficient (Wildman–Crippen LogP) is 2.40. The molecule has 170 valence electrons. The monoisotopic (exact) mass is 465 g/mol. The Balaban J connectivity index is 1.87. The highest BCUT2D eigenvalue weighted by Gasteiger charge is 2.37. The first-order valence-corrected chi connectivity index (χ1v) is 10.4. The van der Waals surface area contributed by atoms with Gasteiger partial charge in [-0.2, -0.15) is 13.2 Å². The Morgan fingerprint density at radius 3 is 2.48 bits per heavy atom. The summed E-state index contributed by atoms with van der Waals surface area (Å²) in [5.74, 6) is -5.01. The smallest absolute Gasteiger partial charge is 0.340 e. The lowest BCUT2D eigenvalue weighted by Gasteiger charge is -2.23. The molecule has 1 aliphatic rings. The topological polar surface area (TPSA) is 109 Å². The zero-order valence-corrected chi connectivity index (χ0v) is 16.7. The molecule has 0 spiro atoms. The summed E-state index contributed by atoms with van der Waals surface area (Å²) in [4.78, 5) is 0. The summed E-state index contributed by atoms with van der Waals surface area (Å²) in [6.07, 6.45) is 0.349. The van der Waals surface area contributed by atoms with Gasteiger partial charge >= 0.3 is 11.5 Å². The van der Waals surface area contributed by atoms with Gasteiger partial charge < -0.3 is 20.6 Å². The summed E-state index contributed by atoms with van der Waals surface area (Å²) in [5, 5.41) is 30.9. The number of hydrogen-bond donors (Lipinski definition) is 6. The van der Waals surface area contributed by atoms with E-state index in [1.807, 2.05) is 0 Å². The molecule has 0 radical (unpaired) electrons. The Bertz CT molecular complexity index is 981. The van der Waals surface area contributed by atoms with Gasteiger partial charge in [0.05, 0.1) is 10.9 Å². The minimum Gasteiger partial charge on any atom is -0.340 e. The van der Waals surface area contributed by atoms with Crippen molar-refractivity contribution in [3.63, 3.8) is 0 Å². The van der Waals surface area contributed by atoms with E-state index in [4.69, 9.17) is 4.78 Å². The standard InChI is InChI=1S/C19H20F5N3O3S/c20-13-7-11(6-12(9-13)18(28,29)30)14-3-1-2-10(17(14)21)8-16-15(4-5-26-16)27-31(25)19(22,23)24/h1-3,6-7,9,15-16,26,28-30H,4-5,8H2,(H2,25,27). The SMILES string of the molecule is N=S(NC1CCNC1Cc1cccc(-c2cc(F)cc(C(O)(O)O)c2)c1F)C(F)(F)F.